The number of aromatic nitrogens is 2. The monoisotopic (exact) mass is 235 g/mol. The molecule has 1 aliphatic carbocycles. The second-order valence-electron chi connectivity index (χ2n) is 5.20. The van der Waals surface area contributed by atoms with Gasteiger partial charge in [-0.3, -0.25) is 4.68 Å². The molecule has 1 aromatic heterocycles. The van der Waals surface area contributed by atoms with Gasteiger partial charge in [0.25, 0.3) is 0 Å². The van der Waals surface area contributed by atoms with Crippen LogP contribution in [0.4, 0.5) is 0 Å². The topological polar surface area (TPSA) is 29.9 Å². The molecule has 0 unspecified atom stereocenters. The van der Waals surface area contributed by atoms with Gasteiger partial charge in [-0.1, -0.05) is 13.3 Å². The van der Waals surface area contributed by atoms with Crippen LogP contribution in [0.5, 0.6) is 0 Å². The molecule has 2 rings (SSSR count). The van der Waals surface area contributed by atoms with E-state index in [0.717, 1.165) is 25.6 Å². The van der Waals surface area contributed by atoms with Crippen LogP contribution in [0.25, 0.3) is 0 Å². The van der Waals surface area contributed by atoms with E-state index in [1.165, 1.54) is 42.6 Å². The second-order valence-corrected chi connectivity index (χ2v) is 5.20. The Hall–Kier alpha value is -0.830. The first-order chi connectivity index (χ1) is 8.22. The lowest BCUT2D eigenvalue weighted by Crippen LogP contribution is -2.19. The molecule has 0 atom stereocenters. The van der Waals surface area contributed by atoms with Gasteiger partial charge in [0.2, 0.25) is 0 Å². The highest BCUT2D eigenvalue weighted by Gasteiger charge is 2.20. The normalized spacial score (nSPS) is 15.5. The third-order valence-corrected chi connectivity index (χ3v) is 3.64. The molecule has 1 N–H and O–H groups in total. The Kier molecular flexibility index (Phi) is 4.21. The third kappa shape index (κ3) is 3.32. The Morgan fingerprint density at radius 2 is 2.12 bits per heavy atom. The lowest BCUT2D eigenvalue weighted by molar-refractivity contribution is 0.555. The Labute approximate surface area is 105 Å². The van der Waals surface area contributed by atoms with Crippen molar-refractivity contribution in [3.63, 3.8) is 0 Å². The van der Waals surface area contributed by atoms with E-state index in [4.69, 9.17) is 0 Å². The first-order valence-electron chi connectivity index (χ1n) is 6.98. The molecule has 0 aliphatic heterocycles. The number of hydrogen-bond acceptors (Lipinski definition) is 2. The van der Waals surface area contributed by atoms with Gasteiger partial charge in [-0.15, -0.1) is 0 Å². The Bertz CT molecular complexity index is 364. The largest absolute Gasteiger partial charge is 0.314 e. The fourth-order valence-electron chi connectivity index (χ4n) is 2.31. The maximum atomic E-state index is 4.65. The van der Waals surface area contributed by atoms with E-state index in [1.807, 2.05) is 0 Å². The Morgan fingerprint density at radius 3 is 2.76 bits per heavy atom. The first kappa shape index (κ1) is 12.6. The van der Waals surface area contributed by atoms with Crippen LogP contribution in [0.3, 0.4) is 0 Å². The molecule has 1 heterocycles. The number of nitrogens with zero attached hydrogens (tertiary/aromatic N) is 2. The van der Waals surface area contributed by atoms with Gasteiger partial charge >= 0.3 is 0 Å². The van der Waals surface area contributed by atoms with Crippen LogP contribution in [0.2, 0.25) is 0 Å². The summed E-state index contributed by atoms with van der Waals surface area (Å²) in [5, 5.41) is 8.22. The minimum Gasteiger partial charge on any atom is -0.314 e. The van der Waals surface area contributed by atoms with E-state index in [9.17, 15) is 0 Å². The van der Waals surface area contributed by atoms with Crippen molar-refractivity contribution in [3.8, 4) is 0 Å². The molecular weight excluding hydrogens is 210 g/mol. The number of unbranched alkanes of at least 4 members (excludes halogenated alkanes) is 1. The predicted octanol–water partition coefficient (Wildman–Crippen LogP) is 2.59. The Balaban J connectivity index is 1.91. The van der Waals surface area contributed by atoms with Crippen LogP contribution < -0.4 is 5.32 Å². The zero-order valence-electron chi connectivity index (χ0n) is 11.4. The van der Waals surface area contributed by atoms with E-state index in [-0.39, 0.29) is 0 Å². The molecule has 3 nitrogen and oxygen atoms in total. The summed E-state index contributed by atoms with van der Waals surface area (Å²) in [7, 11) is 0. The van der Waals surface area contributed by atoms with Gasteiger partial charge in [-0.25, -0.2) is 0 Å². The number of aryl methyl sites for hydroxylation is 2. The van der Waals surface area contributed by atoms with Crippen molar-refractivity contribution in [2.45, 2.75) is 65.5 Å². The second kappa shape index (κ2) is 5.67. The summed E-state index contributed by atoms with van der Waals surface area (Å²) in [5.41, 5.74) is 4.04. The molecule has 96 valence electrons. The van der Waals surface area contributed by atoms with Crippen LogP contribution in [0.15, 0.2) is 0 Å². The SMILES string of the molecule is CCCCn1nc(C)c(CCNC2CC2)c1C. The van der Waals surface area contributed by atoms with Crippen LogP contribution in [-0.4, -0.2) is 22.4 Å². The zero-order valence-corrected chi connectivity index (χ0v) is 11.4. The molecule has 0 spiro atoms. The van der Waals surface area contributed by atoms with Crippen molar-refractivity contribution >= 4 is 0 Å². The quantitative estimate of drug-likeness (QED) is 0.787. The van der Waals surface area contributed by atoms with Crippen molar-refractivity contribution < 1.29 is 0 Å². The standard InChI is InChI=1S/C14H25N3/c1-4-5-10-17-12(3)14(11(2)16-17)8-9-15-13-6-7-13/h13,15H,4-10H2,1-3H3. The lowest BCUT2D eigenvalue weighted by Gasteiger charge is -2.05. The maximum Gasteiger partial charge on any atom is 0.0628 e. The van der Waals surface area contributed by atoms with Crippen LogP contribution in [0, 0.1) is 13.8 Å². The molecule has 0 saturated heterocycles. The molecule has 0 amide bonds. The van der Waals surface area contributed by atoms with Gasteiger partial charge in [-0.2, -0.15) is 5.10 Å². The van der Waals surface area contributed by atoms with Gasteiger partial charge in [0, 0.05) is 18.3 Å². The highest BCUT2D eigenvalue weighted by atomic mass is 15.3. The number of nitrogens with one attached hydrogen (secondary N) is 1. The first-order valence-corrected chi connectivity index (χ1v) is 6.98. The minimum atomic E-state index is 0.811. The fourth-order valence-corrected chi connectivity index (χ4v) is 2.31. The summed E-state index contributed by atoms with van der Waals surface area (Å²) in [4.78, 5) is 0. The lowest BCUT2D eigenvalue weighted by atomic mass is 10.1. The molecular formula is C14H25N3. The van der Waals surface area contributed by atoms with E-state index < -0.39 is 0 Å². The highest BCUT2D eigenvalue weighted by molar-refractivity contribution is 5.24. The van der Waals surface area contributed by atoms with Crippen molar-refractivity contribution in [2.24, 2.45) is 0 Å². The summed E-state index contributed by atoms with van der Waals surface area (Å²) < 4.78 is 2.19. The predicted molar refractivity (Wildman–Crippen MR) is 71.3 cm³/mol. The molecule has 0 bridgehead atoms. The van der Waals surface area contributed by atoms with Gasteiger partial charge in [0.1, 0.15) is 0 Å². The summed E-state index contributed by atoms with van der Waals surface area (Å²) in [6, 6.07) is 0.811. The fraction of sp³-hybridized carbons (Fsp3) is 0.786. The number of rotatable bonds is 7. The molecule has 0 radical (unpaired) electrons. The smallest absolute Gasteiger partial charge is 0.0628 e. The van der Waals surface area contributed by atoms with E-state index >= 15 is 0 Å². The maximum absolute atomic E-state index is 4.65. The zero-order chi connectivity index (χ0) is 12.3. The minimum absolute atomic E-state index is 0.811. The van der Waals surface area contributed by atoms with E-state index in [1.54, 1.807) is 0 Å². The summed E-state index contributed by atoms with van der Waals surface area (Å²) in [6.45, 7) is 8.75. The van der Waals surface area contributed by atoms with Crippen LogP contribution >= 0.6 is 0 Å². The van der Waals surface area contributed by atoms with E-state index in [2.05, 4.69) is 35.9 Å². The van der Waals surface area contributed by atoms with Gasteiger partial charge in [0.15, 0.2) is 0 Å². The molecule has 1 aliphatic rings. The average Bonchev–Trinajstić information content (AvgIpc) is 3.08. The molecule has 1 saturated carbocycles. The van der Waals surface area contributed by atoms with Crippen molar-refractivity contribution in [2.75, 3.05) is 6.54 Å². The summed E-state index contributed by atoms with van der Waals surface area (Å²) in [5.74, 6) is 0. The van der Waals surface area contributed by atoms with Gasteiger partial charge in [0.05, 0.1) is 5.69 Å². The van der Waals surface area contributed by atoms with E-state index in [0.29, 0.717) is 0 Å². The highest BCUT2D eigenvalue weighted by Crippen LogP contribution is 2.19. The molecule has 1 fully saturated rings. The van der Waals surface area contributed by atoms with Crippen molar-refractivity contribution in [1.29, 1.82) is 0 Å². The molecule has 0 aromatic carbocycles. The van der Waals surface area contributed by atoms with Crippen LogP contribution in [-0.2, 0) is 13.0 Å². The summed E-state index contributed by atoms with van der Waals surface area (Å²) in [6.07, 6.45) is 6.32. The van der Waals surface area contributed by atoms with Crippen molar-refractivity contribution in [3.05, 3.63) is 17.0 Å². The average molecular weight is 235 g/mol. The van der Waals surface area contributed by atoms with Crippen molar-refractivity contribution in [1.82, 2.24) is 15.1 Å². The molecule has 1 aromatic rings. The Morgan fingerprint density at radius 1 is 1.35 bits per heavy atom. The molecule has 17 heavy (non-hydrogen) atoms. The van der Waals surface area contributed by atoms with Gasteiger partial charge in [-0.05, 0) is 51.6 Å². The third-order valence-electron chi connectivity index (χ3n) is 3.64. The van der Waals surface area contributed by atoms with Gasteiger partial charge < -0.3 is 5.32 Å². The number of hydrogen-bond donors (Lipinski definition) is 1. The van der Waals surface area contributed by atoms with Crippen LogP contribution in [0.1, 0.15) is 49.6 Å². The molecule has 3 heteroatoms. The summed E-state index contributed by atoms with van der Waals surface area (Å²) >= 11 is 0.